The maximum atomic E-state index is 14.7. The summed E-state index contributed by atoms with van der Waals surface area (Å²) in [5.74, 6) is -0.363. The monoisotopic (exact) mass is 746 g/mol. The number of amides is 1. The van der Waals surface area contributed by atoms with E-state index in [-0.39, 0.29) is 32.3 Å². The lowest BCUT2D eigenvalue weighted by molar-refractivity contribution is -0.236. The molecular formula is C41H50N2O9S. The van der Waals surface area contributed by atoms with E-state index in [0.717, 1.165) is 28.5 Å². The summed E-state index contributed by atoms with van der Waals surface area (Å²) in [6.07, 6.45) is -4.69. The van der Waals surface area contributed by atoms with Gasteiger partial charge in [0, 0.05) is 26.2 Å². The van der Waals surface area contributed by atoms with Gasteiger partial charge in [-0.2, -0.15) is 8.42 Å². The summed E-state index contributed by atoms with van der Waals surface area (Å²) in [6.45, 7) is 3.09. The minimum absolute atomic E-state index is 0.0103. The van der Waals surface area contributed by atoms with Gasteiger partial charge in [-0.05, 0) is 29.2 Å². The molecule has 1 aliphatic rings. The van der Waals surface area contributed by atoms with Crippen molar-refractivity contribution in [1.82, 2.24) is 10.2 Å². The summed E-state index contributed by atoms with van der Waals surface area (Å²) < 4.78 is 58.6. The van der Waals surface area contributed by atoms with Gasteiger partial charge in [-0.15, -0.1) is 0 Å². The van der Waals surface area contributed by atoms with E-state index in [1.165, 1.54) is 6.92 Å². The Balaban J connectivity index is 1.64. The van der Waals surface area contributed by atoms with Crippen LogP contribution < -0.4 is 5.32 Å². The lowest BCUT2D eigenvalue weighted by atomic mass is 9.85. The Kier molecular flexibility index (Phi) is 15.1. The van der Waals surface area contributed by atoms with Gasteiger partial charge >= 0.3 is 0 Å². The number of nitrogens with zero attached hydrogens (tertiary/aromatic N) is 1. The minimum atomic E-state index is -4.29. The molecule has 1 heterocycles. The van der Waals surface area contributed by atoms with E-state index in [0.29, 0.717) is 26.2 Å². The van der Waals surface area contributed by atoms with Crippen molar-refractivity contribution in [2.45, 2.75) is 63.4 Å². The molecule has 0 radical (unpaired) electrons. The van der Waals surface area contributed by atoms with Crippen molar-refractivity contribution in [3.8, 4) is 0 Å². The average Bonchev–Trinajstić information content (AvgIpc) is 3.17. The van der Waals surface area contributed by atoms with Crippen LogP contribution >= 0.6 is 0 Å². The quantitative estimate of drug-likeness (QED) is 0.125. The molecule has 4 aromatic carbocycles. The number of carbonyl (C=O) groups excluding carboxylic acids is 1. The molecule has 1 saturated heterocycles. The van der Waals surface area contributed by atoms with Crippen molar-refractivity contribution in [2.75, 3.05) is 39.0 Å². The Bertz CT molecular complexity index is 1760. The molecule has 4 aromatic rings. The minimum Gasteiger partial charge on any atom is -0.390 e. The third-order valence-corrected chi connectivity index (χ3v) is 9.65. The molecule has 2 N–H and O–H groups in total. The van der Waals surface area contributed by atoms with Crippen molar-refractivity contribution >= 4 is 16.0 Å². The molecule has 5 rings (SSSR count). The first-order valence-electron chi connectivity index (χ1n) is 17.8. The van der Waals surface area contributed by atoms with E-state index < -0.39 is 46.7 Å². The number of hydrogen-bond donors (Lipinski definition) is 2. The predicted molar refractivity (Wildman–Crippen MR) is 201 cm³/mol. The van der Waals surface area contributed by atoms with Crippen LogP contribution in [0.2, 0.25) is 0 Å². The first kappa shape index (κ1) is 40.2. The Labute approximate surface area is 312 Å². The van der Waals surface area contributed by atoms with Crippen LogP contribution in [0.3, 0.4) is 0 Å². The molecule has 0 bridgehead atoms. The molecule has 0 spiro atoms. The average molecular weight is 747 g/mol. The van der Waals surface area contributed by atoms with Crippen LogP contribution in [0.15, 0.2) is 121 Å². The number of benzene rings is 4. The number of rotatable bonds is 20. The summed E-state index contributed by atoms with van der Waals surface area (Å²) >= 11 is 0. The molecule has 1 aliphatic heterocycles. The zero-order valence-electron chi connectivity index (χ0n) is 30.3. The normalized spacial score (nSPS) is 17.0. The molecule has 53 heavy (non-hydrogen) atoms. The van der Waals surface area contributed by atoms with E-state index >= 15 is 0 Å². The van der Waals surface area contributed by atoms with Crippen molar-refractivity contribution in [3.05, 3.63) is 144 Å². The third-order valence-electron chi connectivity index (χ3n) is 9.03. The second kappa shape index (κ2) is 19.9. The number of piperazine rings is 1. The first-order chi connectivity index (χ1) is 25.6. The zero-order chi connectivity index (χ0) is 37.5. The fourth-order valence-electron chi connectivity index (χ4n) is 6.27. The zero-order valence-corrected chi connectivity index (χ0v) is 31.1. The predicted octanol–water partition coefficient (Wildman–Crippen LogP) is 4.49. The van der Waals surface area contributed by atoms with Crippen molar-refractivity contribution in [3.63, 3.8) is 0 Å². The Morgan fingerprint density at radius 2 is 1.15 bits per heavy atom. The van der Waals surface area contributed by atoms with Crippen LogP contribution in [0.4, 0.5) is 0 Å². The number of aliphatic hydroxyl groups excluding tert-OH is 1. The molecule has 0 unspecified atom stereocenters. The summed E-state index contributed by atoms with van der Waals surface area (Å²) in [4.78, 5) is 16.4. The maximum Gasteiger partial charge on any atom is 0.265 e. The Morgan fingerprint density at radius 1 is 0.717 bits per heavy atom. The van der Waals surface area contributed by atoms with E-state index in [1.807, 2.05) is 121 Å². The summed E-state index contributed by atoms with van der Waals surface area (Å²) in [7, 11) is -4.29. The van der Waals surface area contributed by atoms with Crippen molar-refractivity contribution in [2.24, 2.45) is 0 Å². The summed E-state index contributed by atoms with van der Waals surface area (Å²) in [6, 6.07) is 37.5. The van der Waals surface area contributed by atoms with Crippen LogP contribution in [-0.4, -0.2) is 93.4 Å². The Morgan fingerprint density at radius 3 is 1.60 bits per heavy atom. The van der Waals surface area contributed by atoms with E-state index in [4.69, 9.17) is 23.1 Å². The van der Waals surface area contributed by atoms with Gasteiger partial charge in [0.05, 0.1) is 45.4 Å². The van der Waals surface area contributed by atoms with Gasteiger partial charge in [0.15, 0.2) is 11.7 Å². The standard InChI is InChI=1S/C41H50N2O9S/c1-32(44)41(52-53(2,46)47,31-48-27-33-15-7-3-8-16-33)39(51-30-36-21-13-6-14-22-36)37(49-28-34-17-9-4-10-18-34)38(40(45)43-25-23-42-24-26-43)50-29-35-19-11-5-12-20-35/h3-22,32,37-39,42,44H,23-31H2,1-2H3/t32-,37-,38-,39+,41-/m1/s1. The van der Waals surface area contributed by atoms with Crippen LogP contribution in [0.5, 0.6) is 0 Å². The summed E-state index contributed by atoms with van der Waals surface area (Å²) in [5, 5.41) is 15.0. The molecule has 5 atom stereocenters. The molecule has 0 aromatic heterocycles. The third kappa shape index (κ3) is 12.0. The van der Waals surface area contributed by atoms with Crippen LogP contribution in [0.1, 0.15) is 29.2 Å². The first-order valence-corrected chi connectivity index (χ1v) is 19.6. The molecule has 0 aliphatic carbocycles. The second-order valence-electron chi connectivity index (χ2n) is 13.2. The summed E-state index contributed by atoms with van der Waals surface area (Å²) in [5.41, 5.74) is 1.08. The van der Waals surface area contributed by atoms with Gasteiger partial charge < -0.3 is 34.3 Å². The molecule has 12 heteroatoms. The van der Waals surface area contributed by atoms with Crippen molar-refractivity contribution in [1.29, 1.82) is 0 Å². The SMILES string of the molecule is C[C@@H](O)[C@@](COCc1ccccc1)(OS(C)(=O)=O)[C@@H](OCc1ccccc1)[C@H](OCc1ccccc1)[C@@H](OCc1ccccc1)C(=O)N1CCNCC1. The highest BCUT2D eigenvalue weighted by Gasteiger charge is 2.56. The van der Waals surface area contributed by atoms with Gasteiger partial charge in [0.1, 0.15) is 12.2 Å². The van der Waals surface area contributed by atoms with E-state index in [2.05, 4.69) is 5.32 Å². The van der Waals surface area contributed by atoms with Gasteiger partial charge in [-0.1, -0.05) is 121 Å². The molecule has 284 valence electrons. The number of carbonyl (C=O) groups is 1. The van der Waals surface area contributed by atoms with Gasteiger partial charge in [0.2, 0.25) is 0 Å². The molecule has 0 saturated carbocycles. The number of aliphatic hydroxyl groups is 1. The largest absolute Gasteiger partial charge is 0.390 e. The van der Waals surface area contributed by atoms with E-state index in [1.54, 1.807) is 4.90 Å². The number of ether oxygens (including phenoxy) is 4. The molecular weight excluding hydrogens is 697 g/mol. The molecule has 1 amide bonds. The van der Waals surface area contributed by atoms with Gasteiger partial charge in [0.25, 0.3) is 16.0 Å². The molecule has 1 fully saturated rings. The molecule has 11 nitrogen and oxygen atoms in total. The topological polar surface area (TPSA) is 133 Å². The van der Waals surface area contributed by atoms with Crippen molar-refractivity contribution < 1.29 is 41.4 Å². The Hall–Kier alpha value is -3.98. The maximum absolute atomic E-state index is 14.7. The van der Waals surface area contributed by atoms with Crippen LogP contribution in [0, 0.1) is 0 Å². The van der Waals surface area contributed by atoms with Gasteiger partial charge in [-0.25, -0.2) is 0 Å². The number of nitrogens with one attached hydrogen (secondary N) is 1. The highest BCUT2D eigenvalue weighted by Crippen LogP contribution is 2.34. The fourth-order valence-corrected chi connectivity index (χ4v) is 7.12. The highest BCUT2D eigenvalue weighted by molar-refractivity contribution is 7.86. The van der Waals surface area contributed by atoms with E-state index in [9.17, 15) is 18.3 Å². The smallest absolute Gasteiger partial charge is 0.265 e. The lowest BCUT2D eigenvalue weighted by Gasteiger charge is -2.46. The van der Waals surface area contributed by atoms with Crippen LogP contribution in [0.25, 0.3) is 0 Å². The highest BCUT2D eigenvalue weighted by atomic mass is 32.2. The van der Waals surface area contributed by atoms with Crippen LogP contribution in [-0.2, 0) is 64.5 Å². The van der Waals surface area contributed by atoms with Gasteiger partial charge in [-0.3, -0.25) is 8.98 Å². The fraction of sp³-hybridized carbons (Fsp3) is 0.390. The second-order valence-corrected chi connectivity index (χ2v) is 14.7. The number of hydrogen-bond acceptors (Lipinski definition) is 10. The lowest BCUT2D eigenvalue weighted by Crippen LogP contribution is -2.66.